The van der Waals surface area contributed by atoms with Gasteiger partial charge in [0.1, 0.15) is 11.9 Å². The van der Waals surface area contributed by atoms with Crippen LogP contribution in [0.4, 0.5) is 0 Å². The monoisotopic (exact) mass is 366 g/mol. The lowest BCUT2D eigenvalue weighted by Crippen LogP contribution is -2.45. The normalized spacial score (nSPS) is 24.0. The number of likely N-dealkylation sites (tertiary alicyclic amines) is 1. The van der Waals surface area contributed by atoms with Crippen LogP contribution in [0.25, 0.3) is 0 Å². The number of nitrogens with zero attached hydrogens (tertiary/aromatic N) is 1. The lowest BCUT2D eigenvalue weighted by Gasteiger charge is -2.35. The first-order chi connectivity index (χ1) is 11.6. The number of piperidine rings is 1. The average Bonchev–Trinajstić information content (AvgIpc) is 3.07. The summed E-state index contributed by atoms with van der Waals surface area (Å²) in [4.78, 5) is 14.8. The Hall–Kier alpha value is -1.26. The van der Waals surface area contributed by atoms with E-state index in [2.05, 4.69) is 32.0 Å². The van der Waals surface area contributed by atoms with E-state index in [1.165, 1.54) is 11.1 Å². The second-order valence-corrected chi connectivity index (χ2v) is 7.44. The second kappa shape index (κ2) is 8.91. The van der Waals surface area contributed by atoms with Crippen molar-refractivity contribution >= 4 is 18.3 Å². The van der Waals surface area contributed by atoms with Gasteiger partial charge in [0, 0.05) is 31.8 Å². The van der Waals surface area contributed by atoms with E-state index in [1.807, 2.05) is 4.90 Å². The summed E-state index contributed by atoms with van der Waals surface area (Å²) in [7, 11) is 0. The molecule has 2 atom stereocenters. The SMILES string of the molecule is Cc1ccc(C)c(OC2CCN(C(=O)[C@@H]3CCC[C@@H]3CN)CC2)c1.Cl. The molecule has 0 aromatic heterocycles. The topological polar surface area (TPSA) is 55.6 Å². The number of nitrogens with two attached hydrogens (primary N) is 1. The molecular formula is C20H31ClN2O2. The van der Waals surface area contributed by atoms with Crippen molar-refractivity contribution in [1.29, 1.82) is 0 Å². The van der Waals surface area contributed by atoms with E-state index in [-0.39, 0.29) is 24.4 Å². The summed E-state index contributed by atoms with van der Waals surface area (Å²) in [6.07, 6.45) is 5.31. The fourth-order valence-corrected chi connectivity index (χ4v) is 4.09. The molecule has 5 heteroatoms. The van der Waals surface area contributed by atoms with Crippen molar-refractivity contribution in [2.45, 2.75) is 52.1 Å². The van der Waals surface area contributed by atoms with Gasteiger partial charge in [0.2, 0.25) is 5.91 Å². The van der Waals surface area contributed by atoms with E-state index >= 15 is 0 Å². The molecule has 1 heterocycles. The first kappa shape index (κ1) is 20.1. The number of hydrogen-bond acceptors (Lipinski definition) is 3. The Morgan fingerprint density at radius 3 is 2.60 bits per heavy atom. The lowest BCUT2D eigenvalue weighted by molar-refractivity contribution is -0.138. The summed E-state index contributed by atoms with van der Waals surface area (Å²) in [6.45, 7) is 6.43. The maximum Gasteiger partial charge on any atom is 0.226 e. The van der Waals surface area contributed by atoms with E-state index in [1.54, 1.807) is 0 Å². The van der Waals surface area contributed by atoms with Gasteiger partial charge in [-0.25, -0.2) is 0 Å². The van der Waals surface area contributed by atoms with E-state index in [9.17, 15) is 4.79 Å². The van der Waals surface area contributed by atoms with Gasteiger partial charge >= 0.3 is 0 Å². The van der Waals surface area contributed by atoms with E-state index in [0.29, 0.717) is 18.4 Å². The molecule has 1 aliphatic heterocycles. The second-order valence-electron chi connectivity index (χ2n) is 7.44. The fraction of sp³-hybridized carbons (Fsp3) is 0.650. The molecule has 0 unspecified atom stereocenters. The van der Waals surface area contributed by atoms with Crippen LogP contribution >= 0.6 is 12.4 Å². The summed E-state index contributed by atoms with van der Waals surface area (Å²) in [5.41, 5.74) is 8.23. The molecule has 3 rings (SSSR count). The Balaban J connectivity index is 0.00000225. The molecule has 1 amide bonds. The summed E-state index contributed by atoms with van der Waals surface area (Å²) in [5.74, 6) is 1.86. The number of carbonyl (C=O) groups excluding carboxylic acids is 1. The van der Waals surface area contributed by atoms with E-state index in [0.717, 1.165) is 50.9 Å². The fourth-order valence-electron chi connectivity index (χ4n) is 4.09. The minimum atomic E-state index is 0. The number of halogens is 1. The van der Waals surface area contributed by atoms with Gasteiger partial charge in [-0.2, -0.15) is 0 Å². The van der Waals surface area contributed by atoms with Gasteiger partial charge in [0.15, 0.2) is 0 Å². The van der Waals surface area contributed by atoms with Crippen LogP contribution in [0.15, 0.2) is 18.2 Å². The highest BCUT2D eigenvalue weighted by molar-refractivity contribution is 5.85. The zero-order valence-corrected chi connectivity index (χ0v) is 16.2. The van der Waals surface area contributed by atoms with Gasteiger partial charge in [0.25, 0.3) is 0 Å². The molecule has 2 N–H and O–H groups in total. The molecule has 0 bridgehead atoms. The Bertz CT molecular complexity index is 585. The Morgan fingerprint density at radius 1 is 1.20 bits per heavy atom. The minimum Gasteiger partial charge on any atom is -0.490 e. The third-order valence-electron chi connectivity index (χ3n) is 5.67. The van der Waals surface area contributed by atoms with Crippen molar-refractivity contribution in [3.8, 4) is 5.75 Å². The van der Waals surface area contributed by atoms with Crippen LogP contribution in [0.5, 0.6) is 5.75 Å². The van der Waals surface area contributed by atoms with Crippen LogP contribution in [0.1, 0.15) is 43.2 Å². The summed E-state index contributed by atoms with van der Waals surface area (Å²) in [5, 5.41) is 0. The summed E-state index contributed by atoms with van der Waals surface area (Å²) < 4.78 is 6.20. The van der Waals surface area contributed by atoms with Crippen molar-refractivity contribution in [2.75, 3.05) is 19.6 Å². The van der Waals surface area contributed by atoms with Crippen molar-refractivity contribution in [3.05, 3.63) is 29.3 Å². The molecule has 140 valence electrons. The van der Waals surface area contributed by atoms with Crippen LogP contribution in [0.3, 0.4) is 0 Å². The first-order valence-electron chi connectivity index (χ1n) is 9.31. The number of ether oxygens (including phenoxy) is 1. The Kier molecular flexibility index (Phi) is 7.14. The molecule has 1 aromatic rings. The highest BCUT2D eigenvalue weighted by Crippen LogP contribution is 2.33. The molecule has 2 aliphatic rings. The molecular weight excluding hydrogens is 336 g/mol. The molecule has 0 spiro atoms. The van der Waals surface area contributed by atoms with Crippen LogP contribution in [-0.4, -0.2) is 36.5 Å². The molecule has 0 radical (unpaired) electrons. The number of carbonyl (C=O) groups is 1. The highest BCUT2D eigenvalue weighted by Gasteiger charge is 2.36. The Labute approximate surface area is 157 Å². The van der Waals surface area contributed by atoms with Crippen molar-refractivity contribution in [1.82, 2.24) is 4.90 Å². The number of amides is 1. The minimum absolute atomic E-state index is 0. The van der Waals surface area contributed by atoms with Gasteiger partial charge in [-0.05, 0) is 56.3 Å². The van der Waals surface area contributed by atoms with Gasteiger partial charge in [-0.3, -0.25) is 4.79 Å². The molecule has 1 aliphatic carbocycles. The molecule has 1 saturated heterocycles. The predicted octanol–water partition coefficient (Wildman–Crippen LogP) is 3.47. The first-order valence-corrected chi connectivity index (χ1v) is 9.31. The number of aryl methyl sites for hydroxylation is 2. The third kappa shape index (κ3) is 4.68. The largest absolute Gasteiger partial charge is 0.490 e. The maximum absolute atomic E-state index is 12.8. The molecule has 4 nitrogen and oxygen atoms in total. The molecule has 1 saturated carbocycles. The van der Waals surface area contributed by atoms with E-state index in [4.69, 9.17) is 10.5 Å². The number of rotatable bonds is 4. The standard InChI is InChI=1S/C20H30N2O2.ClH/c1-14-6-7-15(2)19(12-14)24-17-8-10-22(11-9-17)20(23)18-5-3-4-16(18)13-21;/h6-7,12,16-18H,3-5,8-11,13,21H2,1-2H3;1H/t16-,18-;/m1./s1. The van der Waals surface area contributed by atoms with Gasteiger partial charge < -0.3 is 15.4 Å². The highest BCUT2D eigenvalue weighted by atomic mass is 35.5. The average molecular weight is 367 g/mol. The number of hydrogen-bond donors (Lipinski definition) is 1. The molecule has 1 aromatic carbocycles. The lowest BCUT2D eigenvalue weighted by atomic mass is 9.93. The molecule has 2 fully saturated rings. The van der Waals surface area contributed by atoms with Crippen LogP contribution in [-0.2, 0) is 4.79 Å². The third-order valence-corrected chi connectivity index (χ3v) is 5.67. The summed E-state index contributed by atoms with van der Waals surface area (Å²) >= 11 is 0. The van der Waals surface area contributed by atoms with Crippen LogP contribution in [0.2, 0.25) is 0 Å². The van der Waals surface area contributed by atoms with E-state index < -0.39 is 0 Å². The quantitative estimate of drug-likeness (QED) is 0.887. The maximum atomic E-state index is 12.8. The smallest absolute Gasteiger partial charge is 0.226 e. The predicted molar refractivity (Wildman–Crippen MR) is 103 cm³/mol. The number of benzene rings is 1. The van der Waals surface area contributed by atoms with Crippen molar-refractivity contribution in [2.24, 2.45) is 17.6 Å². The van der Waals surface area contributed by atoms with Crippen LogP contribution in [0, 0.1) is 25.7 Å². The van der Waals surface area contributed by atoms with Crippen molar-refractivity contribution < 1.29 is 9.53 Å². The van der Waals surface area contributed by atoms with Gasteiger partial charge in [-0.15, -0.1) is 12.4 Å². The van der Waals surface area contributed by atoms with Gasteiger partial charge in [-0.1, -0.05) is 18.6 Å². The zero-order chi connectivity index (χ0) is 17.1. The summed E-state index contributed by atoms with van der Waals surface area (Å²) in [6, 6.07) is 6.33. The zero-order valence-electron chi connectivity index (χ0n) is 15.4. The molecule has 25 heavy (non-hydrogen) atoms. The Morgan fingerprint density at radius 2 is 1.92 bits per heavy atom. The van der Waals surface area contributed by atoms with Crippen LogP contribution < -0.4 is 10.5 Å². The van der Waals surface area contributed by atoms with Gasteiger partial charge in [0.05, 0.1) is 0 Å². The van der Waals surface area contributed by atoms with Crippen molar-refractivity contribution in [3.63, 3.8) is 0 Å².